The van der Waals surface area contributed by atoms with E-state index < -0.39 is 0 Å². The van der Waals surface area contributed by atoms with E-state index in [-0.39, 0.29) is 11.8 Å². The Hall–Kier alpha value is -2.18. The van der Waals surface area contributed by atoms with Crippen LogP contribution in [0.15, 0.2) is 30.6 Å². The fourth-order valence-corrected chi connectivity index (χ4v) is 4.76. The van der Waals surface area contributed by atoms with Crippen molar-refractivity contribution in [3.8, 4) is 0 Å². The zero-order chi connectivity index (χ0) is 22.0. The van der Waals surface area contributed by atoms with Gasteiger partial charge in [0.25, 0.3) is 0 Å². The molecule has 0 saturated carbocycles. The van der Waals surface area contributed by atoms with Crippen LogP contribution in [0.1, 0.15) is 55.8 Å². The van der Waals surface area contributed by atoms with Gasteiger partial charge in [0.1, 0.15) is 12.1 Å². The number of anilines is 1. The topological polar surface area (TPSA) is 61.4 Å². The zero-order valence-electron chi connectivity index (χ0n) is 18.6. The van der Waals surface area contributed by atoms with Gasteiger partial charge in [-0.1, -0.05) is 44.5 Å². The SMILES string of the molecule is CC(C)NC[C@@H](C(=O)N1CCN(c2ncnc3c2C(C)CC3)CC1)c1ccc(Cl)cc1. The molecule has 1 aliphatic heterocycles. The maximum absolute atomic E-state index is 13.5. The molecule has 1 saturated heterocycles. The van der Waals surface area contributed by atoms with Crippen LogP contribution < -0.4 is 10.2 Å². The molecule has 2 atom stereocenters. The van der Waals surface area contributed by atoms with E-state index in [1.165, 1.54) is 11.3 Å². The van der Waals surface area contributed by atoms with Crippen molar-refractivity contribution in [2.45, 2.75) is 51.5 Å². The zero-order valence-corrected chi connectivity index (χ0v) is 19.4. The number of carbonyl (C=O) groups is 1. The molecule has 7 heteroatoms. The molecule has 1 aliphatic carbocycles. The quantitative estimate of drug-likeness (QED) is 0.741. The van der Waals surface area contributed by atoms with E-state index in [1.54, 1.807) is 6.33 Å². The summed E-state index contributed by atoms with van der Waals surface area (Å²) in [5.41, 5.74) is 3.51. The number of halogens is 1. The molecule has 2 heterocycles. The van der Waals surface area contributed by atoms with E-state index in [4.69, 9.17) is 11.6 Å². The van der Waals surface area contributed by atoms with E-state index in [1.807, 2.05) is 29.2 Å². The lowest BCUT2D eigenvalue weighted by Crippen LogP contribution is -2.51. The smallest absolute Gasteiger partial charge is 0.231 e. The van der Waals surface area contributed by atoms with E-state index in [2.05, 4.69) is 41.0 Å². The molecule has 4 rings (SSSR count). The molecule has 31 heavy (non-hydrogen) atoms. The van der Waals surface area contributed by atoms with Crippen LogP contribution in [0.3, 0.4) is 0 Å². The predicted molar refractivity (Wildman–Crippen MR) is 125 cm³/mol. The van der Waals surface area contributed by atoms with Gasteiger partial charge in [0.15, 0.2) is 0 Å². The Balaban J connectivity index is 1.46. The van der Waals surface area contributed by atoms with Crippen LogP contribution >= 0.6 is 11.6 Å². The fraction of sp³-hybridized carbons (Fsp3) is 0.542. The van der Waals surface area contributed by atoms with Crippen LogP contribution in [0, 0.1) is 0 Å². The normalized spacial score (nSPS) is 19.6. The number of fused-ring (bicyclic) bond motifs is 1. The number of nitrogens with zero attached hydrogens (tertiary/aromatic N) is 4. The summed E-state index contributed by atoms with van der Waals surface area (Å²) in [6.07, 6.45) is 3.87. The van der Waals surface area contributed by atoms with Gasteiger partial charge in [-0.15, -0.1) is 0 Å². The van der Waals surface area contributed by atoms with Gasteiger partial charge >= 0.3 is 0 Å². The maximum atomic E-state index is 13.5. The number of amides is 1. The molecule has 0 spiro atoms. The number of nitrogens with one attached hydrogen (secondary N) is 1. The first-order valence-electron chi connectivity index (χ1n) is 11.3. The summed E-state index contributed by atoms with van der Waals surface area (Å²) in [7, 11) is 0. The summed E-state index contributed by atoms with van der Waals surface area (Å²) >= 11 is 6.07. The second-order valence-electron chi connectivity index (χ2n) is 8.98. The van der Waals surface area contributed by atoms with E-state index in [0.717, 1.165) is 37.3 Å². The Bertz CT molecular complexity index is 909. The molecular formula is C24H32ClN5O. The molecule has 0 bridgehead atoms. The highest BCUT2D eigenvalue weighted by Crippen LogP contribution is 2.37. The third-order valence-electron chi connectivity index (χ3n) is 6.44. The van der Waals surface area contributed by atoms with E-state index >= 15 is 0 Å². The number of carbonyl (C=O) groups excluding carboxylic acids is 1. The minimum absolute atomic E-state index is 0.177. The van der Waals surface area contributed by atoms with E-state index in [0.29, 0.717) is 36.6 Å². The number of aromatic nitrogens is 2. The lowest BCUT2D eigenvalue weighted by molar-refractivity contribution is -0.133. The molecule has 6 nitrogen and oxygen atoms in total. The maximum Gasteiger partial charge on any atom is 0.231 e. The monoisotopic (exact) mass is 441 g/mol. The van der Waals surface area contributed by atoms with Crippen LogP contribution in [0.25, 0.3) is 0 Å². The molecule has 1 N–H and O–H groups in total. The molecular weight excluding hydrogens is 410 g/mol. The molecule has 1 aromatic heterocycles. The first kappa shape index (κ1) is 22.0. The van der Waals surface area contributed by atoms with Crippen LogP contribution in [0.2, 0.25) is 5.02 Å². The van der Waals surface area contributed by atoms with Crippen LogP contribution in [0.4, 0.5) is 5.82 Å². The summed E-state index contributed by atoms with van der Waals surface area (Å²) in [6.45, 7) is 10.1. The summed E-state index contributed by atoms with van der Waals surface area (Å²) in [6, 6.07) is 7.98. The third-order valence-corrected chi connectivity index (χ3v) is 6.70. The summed E-state index contributed by atoms with van der Waals surface area (Å²) in [5, 5.41) is 4.13. The highest BCUT2D eigenvalue weighted by atomic mass is 35.5. The van der Waals surface area contributed by atoms with Gasteiger partial charge in [0.2, 0.25) is 5.91 Å². The van der Waals surface area contributed by atoms with Crippen molar-refractivity contribution in [3.05, 3.63) is 52.4 Å². The number of piperazine rings is 1. The molecule has 1 unspecified atom stereocenters. The molecule has 1 aromatic carbocycles. The average Bonchev–Trinajstić information content (AvgIpc) is 3.16. The lowest BCUT2D eigenvalue weighted by atomic mass is 9.96. The molecule has 2 aliphatic rings. The van der Waals surface area contributed by atoms with Crippen molar-refractivity contribution in [1.82, 2.24) is 20.2 Å². The first-order chi connectivity index (χ1) is 14.9. The summed E-state index contributed by atoms with van der Waals surface area (Å²) < 4.78 is 0. The Morgan fingerprint density at radius 1 is 1.16 bits per heavy atom. The van der Waals surface area contributed by atoms with Crippen LogP contribution in [-0.4, -0.2) is 59.5 Å². The summed E-state index contributed by atoms with van der Waals surface area (Å²) in [4.78, 5) is 26.9. The minimum atomic E-state index is -0.213. The molecule has 0 radical (unpaired) electrons. The Labute approximate surface area is 190 Å². The van der Waals surface area contributed by atoms with Gasteiger partial charge in [-0.05, 0) is 36.5 Å². The van der Waals surface area contributed by atoms with Crippen molar-refractivity contribution in [3.63, 3.8) is 0 Å². The van der Waals surface area contributed by atoms with Crippen molar-refractivity contribution < 1.29 is 4.79 Å². The number of aryl methyl sites for hydroxylation is 1. The summed E-state index contributed by atoms with van der Waals surface area (Å²) in [5.74, 6) is 1.53. The number of rotatable bonds is 6. The second-order valence-corrected chi connectivity index (χ2v) is 9.41. The third kappa shape index (κ3) is 4.85. The standard InChI is InChI=1S/C24H32ClN5O/c1-16(2)26-14-20(18-5-7-19(25)8-6-18)24(31)30-12-10-29(11-13-30)23-22-17(3)4-9-21(22)27-15-28-23/h5-8,15-17,20,26H,4,9-14H2,1-3H3/t17?,20-/m1/s1. The average molecular weight is 442 g/mol. The van der Waals surface area contributed by atoms with Gasteiger partial charge in [-0.25, -0.2) is 9.97 Å². The Morgan fingerprint density at radius 3 is 2.55 bits per heavy atom. The van der Waals surface area contributed by atoms with Crippen LogP contribution in [-0.2, 0) is 11.2 Å². The molecule has 166 valence electrons. The van der Waals surface area contributed by atoms with Crippen molar-refractivity contribution >= 4 is 23.3 Å². The van der Waals surface area contributed by atoms with Crippen molar-refractivity contribution in [1.29, 1.82) is 0 Å². The van der Waals surface area contributed by atoms with Gasteiger partial charge in [0, 0.05) is 55.0 Å². The highest BCUT2D eigenvalue weighted by Gasteiger charge is 2.32. The number of hydrogen-bond acceptors (Lipinski definition) is 5. The molecule has 1 amide bonds. The van der Waals surface area contributed by atoms with Crippen molar-refractivity contribution in [2.24, 2.45) is 0 Å². The van der Waals surface area contributed by atoms with E-state index in [9.17, 15) is 4.79 Å². The molecule has 1 fully saturated rings. The Kier molecular flexibility index (Phi) is 6.77. The van der Waals surface area contributed by atoms with Gasteiger partial charge in [0.05, 0.1) is 5.92 Å². The number of hydrogen-bond donors (Lipinski definition) is 1. The highest BCUT2D eigenvalue weighted by molar-refractivity contribution is 6.30. The van der Waals surface area contributed by atoms with Crippen molar-refractivity contribution in [2.75, 3.05) is 37.6 Å². The Morgan fingerprint density at radius 2 is 1.87 bits per heavy atom. The fourth-order valence-electron chi connectivity index (χ4n) is 4.63. The van der Waals surface area contributed by atoms with Gasteiger partial charge in [-0.3, -0.25) is 4.79 Å². The first-order valence-corrected chi connectivity index (χ1v) is 11.7. The lowest BCUT2D eigenvalue weighted by Gasteiger charge is -2.38. The largest absolute Gasteiger partial charge is 0.353 e. The second kappa shape index (κ2) is 9.53. The molecule has 2 aromatic rings. The van der Waals surface area contributed by atoms with Gasteiger partial charge in [-0.2, -0.15) is 0 Å². The minimum Gasteiger partial charge on any atom is -0.353 e. The van der Waals surface area contributed by atoms with Gasteiger partial charge < -0.3 is 15.1 Å². The van der Waals surface area contributed by atoms with Crippen LogP contribution in [0.5, 0.6) is 0 Å². The predicted octanol–water partition coefficient (Wildman–Crippen LogP) is 3.61. The number of benzene rings is 1.